The summed E-state index contributed by atoms with van der Waals surface area (Å²) in [6, 6.07) is 27.3. The molecule has 0 aliphatic rings. The lowest BCUT2D eigenvalue weighted by Crippen LogP contribution is -2.12. The Morgan fingerprint density at radius 1 is 0.950 bits per heavy atom. The highest BCUT2D eigenvalue weighted by Gasteiger charge is 2.20. The highest BCUT2D eigenvalue weighted by atomic mass is 32.1. The Labute approximate surface area is 231 Å². The van der Waals surface area contributed by atoms with Crippen molar-refractivity contribution in [3.63, 3.8) is 0 Å². The first-order valence-electron chi connectivity index (χ1n) is 12.0. The van der Waals surface area contributed by atoms with E-state index >= 15 is 0 Å². The first-order chi connectivity index (χ1) is 19.6. The molecule has 0 saturated heterocycles. The number of carbonyl (C=O) groups excluding carboxylic acids is 1. The van der Waals surface area contributed by atoms with Gasteiger partial charge in [-0.2, -0.15) is 9.78 Å². The number of aromatic hydroxyl groups is 1. The van der Waals surface area contributed by atoms with Crippen molar-refractivity contribution in [3.8, 4) is 21.5 Å². The average molecular weight is 543 g/mol. The first-order valence-corrected chi connectivity index (χ1v) is 12.8. The van der Waals surface area contributed by atoms with Crippen molar-refractivity contribution >= 4 is 50.9 Å². The number of para-hydroxylation sites is 1. The van der Waals surface area contributed by atoms with Crippen molar-refractivity contribution in [2.45, 2.75) is 0 Å². The van der Waals surface area contributed by atoms with E-state index in [1.165, 1.54) is 22.2 Å². The van der Waals surface area contributed by atoms with Gasteiger partial charge in [0.25, 0.3) is 11.6 Å². The van der Waals surface area contributed by atoms with Crippen molar-refractivity contribution in [1.29, 1.82) is 0 Å². The number of azo groups is 1. The zero-order valence-electron chi connectivity index (χ0n) is 20.6. The molecule has 11 heteroatoms. The Morgan fingerprint density at radius 2 is 1.68 bits per heavy atom. The summed E-state index contributed by atoms with van der Waals surface area (Å²) in [5.41, 5.74) is 1.74. The maximum absolute atomic E-state index is 13.1. The first kappa shape index (κ1) is 24.6. The number of carbonyl (C=O) groups is 1. The summed E-state index contributed by atoms with van der Waals surface area (Å²) in [6.45, 7) is 7.59. The Hall–Kier alpha value is -5.73. The van der Waals surface area contributed by atoms with Crippen LogP contribution in [0.25, 0.3) is 31.3 Å². The minimum atomic E-state index is -0.500. The van der Waals surface area contributed by atoms with Crippen LogP contribution in [0, 0.1) is 6.57 Å². The van der Waals surface area contributed by atoms with Crippen molar-refractivity contribution < 1.29 is 9.90 Å². The summed E-state index contributed by atoms with van der Waals surface area (Å²) < 4.78 is 1.38. The van der Waals surface area contributed by atoms with Crippen molar-refractivity contribution in [2.24, 2.45) is 10.2 Å². The number of amides is 1. The molecule has 2 heterocycles. The average Bonchev–Trinajstić information content (AvgIpc) is 3.64. The summed E-state index contributed by atoms with van der Waals surface area (Å²) in [7, 11) is 0. The molecule has 192 valence electrons. The maximum Gasteiger partial charge on any atom is 0.259 e. The minimum absolute atomic E-state index is 0.0343. The zero-order chi connectivity index (χ0) is 27.5. The predicted octanol–water partition coefficient (Wildman–Crippen LogP) is 7.47. The monoisotopic (exact) mass is 542 g/mol. The molecule has 6 rings (SSSR count). The molecule has 4 aromatic carbocycles. The third-order valence-electron chi connectivity index (χ3n) is 5.98. The summed E-state index contributed by atoms with van der Waals surface area (Å²) in [4.78, 5) is 16.6. The number of phenolic OH excluding ortho intramolecular Hbond substituents is 1. The van der Waals surface area contributed by atoms with E-state index in [2.05, 4.69) is 35.7 Å². The number of aromatic nitrogens is 4. The van der Waals surface area contributed by atoms with Crippen LogP contribution in [0.3, 0.4) is 0 Å². The van der Waals surface area contributed by atoms with Gasteiger partial charge in [0, 0.05) is 16.6 Å². The number of benzene rings is 4. The van der Waals surface area contributed by atoms with E-state index in [1.807, 2.05) is 48.5 Å². The molecular weight excluding hydrogens is 524 g/mol. The van der Waals surface area contributed by atoms with Crippen LogP contribution in [-0.2, 0) is 0 Å². The van der Waals surface area contributed by atoms with Gasteiger partial charge in [-0.3, -0.25) is 4.79 Å². The quantitative estimate of drug-likeness (QED) is 0.167. The molecule has 2 aromatic heterocycles. The molecule has 40 heavy (non-hydrogen) atoms. The second-order valence-corrected chi connectivity index (χ2v) is 9.45. The fourth-order valence-corrected chi connectivity index (χ4v) is 4.86. The Bertz CT molecular complexity index is 1920. The molecule has 0 aliphatic carbocycles. The Kier molecular flexibility index (Phi) is 6.50. The van der Waals surface area contributed by atoms with Gasteiger partial charge in [0.05, 0.1) is 18.3 Å². The molecule has 0 atom stereocenters. The summed E-state index contributed by atoms with van der Waals surface area (Å²) >= 11 is 1.28. The molecule has 0 bridgehead atoms. The zero-order valence-corrected chi connectivity index (χ0v) is 21.4. The van der Waals surface area contributed by atoms with Gasteiger partial charge in [-0.25, -0.2) is 4.85 Å². The fraction of sp³-hybridized carbons (Fsp3) is 0. The molecule has 0 radical (unpaired) electrons. The fourth-order valence-electron chi connectivity index (χ4n) is 4.05. The van der Waals surface area contributed by atoms with Gasteiger partial charge in [-0.05, 0) is 23.6 Å². The standard InChI is InChI=1S/C29H18N8O2S/c1-30-23-17-31-37(29-36-35-28(40-29)18-10-4-2-5-11-18)26(23)34-33-24-21-15-9-8-12-19(21)16-22(25(24)38)27(39)32-20-13-6-3-7-14-20/h2-17,38H,(H,32,39). The minimum Gasteiger partial charge on any atom is -0.505 e. The number of anilines is 1. The van der Waals surface area contributed by atoms with E-state index in [0.717, 1.165) is 5.56 Å². The highest BCUT2D eigenvalue weighted by Crippen LogP contribution is 2.41. The van der Waals surface area contributed by atoms with E-state index in [1.54, 1.807) is 42.5 Å². The normalized spacial score (nSPS) is 11.1. The number of hydrogen-bond acceptors (Lipinski definition) is 8. The third kappa shape index (κ3) is 4.66. The molecule has 0 saturated carbocycles. The van der Waals surface area contributed by atoms with Gasteiger partial charge in [-0.1, -0.05) is 84.1 Å². The van der Waals surface area contributed by atoms with Gasteiger partial charge in [0.2, 0.25) is 5.13 Å². The SMILES string of the molecule is [C-]#[N+]c1cnn(-c2nnc(-c3ccccc3)s2)c1N=Nc1c(O)c(C(=O)Nc2ccccc2)cc2ccccc12. The molecule has 2 N–H and O–H groups in total. The summed E-state index contributed by atoms with van der Waals surface area (Å²) in [6.07, 6.45) is 1.37. The maximum atomic E-state index is 13.1. The van der Waals surface area contributed by atoms with E-state index in [4.69, 9.17) is 6.57 Å². The van der Waals surface area contributed by atoms with Gasteiger partial charge in [-0.15, -0.1) is 20.4 Å². The predicted molar refractivity (Wildman–Crippen MR) is 153 cm³/mol. The molecule has 0 spiro atoms. The van der Waals surface area contributed by atoms with Crippen molar-refractivity contribution in [3.05, 3.63) is 114 Å². The second-order valence-electron chi connectivity index (χ2n) is 8.50. The molecule has 0 aliphatic heterocycles. The topological polar surface area (TPSA) is 122 Å². The Balaban J connectivity index is 1.41. The molecular formula is C29H18N8O2S. The van der Waals surface area contributed by atoms with Crippen LogP contribution < -0.4 is 5.32 Å². The van der Waals surface area contributed by atoms with E-state index in [9.17, 15) is 9.90 Å². The van der Waals surface area contributed by atoms with Crippen LogP contribution in [0.5, 0.6) is 5.75 Å². The van der Waals surface area contributed by atoms with Gasteiger partial charge >= 0.3 is 0 Å². The van der Waals surface area contributed by atoms with Gasteiger partial charge < -0.3 is 10.4 Å². The molecule has 0 unspecified atom stereocenters. The number of nitrogens with one attached hydrogen (secondary N) is 1. The van der Waals surface area contributed by atoms with Crippen LogP contribution in [0.2, 0.25) is 0 Å². The van der Waals surface area contributed by atoms with Gasteiger partial charge in [0.15, 0.2) is 11.6 Å². The lowest BCUT2D eigenvalue weighted by Gasteiger charge is -2.11. The largest absolute Gasteiger partial charge is 0.505 e. The lowest BCUT2D eigenvalue weighted by atomic mass is 10.0. The smallest absolute Gasteiger partial charge is 0.259 e. The van der Waals surface area contributed by atoms with E-state index in [-0.39, 0.29) is 28.5 Å². The molecule has 6 aromatic rings. The van der Waals surface area contributed by atoms with Crippen molar-refractivity contribution in [2.75, 3.05) is 5.32 Å². The number of hydrogen-bond donors (Lipinski definition) is 2. The number of fused-ring (bicyclic) bond motifs is 1. The molecule has 0 fully saturated rings. The Morgan fingerprint density at radius 3 is 2.45 bits per heavy atom. The molecule has 10 nitrogen and oxygen atoms in total. The third-order valence-corrected chi connectivity index (χ3v) is 6.93. The van der Waals surface area contributed by atoms with Gasteiger partial charge in [0.1, 0.15) is 10.7 Å². The summed E-state index contributed by atoms with van der Waals surface area (Å²) in [5, 5.41) is 37.7. The van der Waals surface area contributed by atoms with Crippen LogP contribution >= 0.6 is 11.3 Å². The summed E-state index contributed by atoms with van der Waals surface area (Å²) in [5.74, 6) is -0.720. The van der Waals surface area contributed by atoms with E-state index in [0.29, 0.717) is 26.6 Å². The van der Waals surface area contributed by atoms with Crippen molar-refractivity contribution in [1.82, 2.24) is 20.0 Å². The van der Waals surface area contributed by atoms with E-state index < -0.39 is 5.91 Å². The van der Waals surface area contributed by atoms with Crippen LogP contribution in [0.1, 0.15) is 10.4 Å². The number of nitrogens with zero attached hydrogens (tertiary/aromatic N) is 7. The lowest BCUT2D eigenvalue weighted by molar-refractivity contribution is 0.102. The second kappa shape index (κ2) is 10.6. The number of phenols is 1. The number of rotatable bonds is 6. The highest BCUT2D eigenvalue weighted by molar-refractivity contribution is 7.17. The van der Waals surface area contributed by atoms with Crippen LogP contribution in [0.4, 0.5) is 22.9 Å². The van der Waals surface area contributed by atoms with Crippen LogP contribution in [0.15, 0.2) is 107 Å². The molecule has 1 amide bonds. The van der Waals surface area contributed by atoms with Crippen LogP contribution in [-0.4, -0.2) is 31.0 Å².